The Morgan fingerprint density at radius 1 is 1.56 bits per heavy atom. The minimum atomic E-state index is -0.429. The molecule has 1 heterocycles. The number of terminal acetylenes is 1. The van der Waals surface area contributed by atoms with E-state index in [4.69, 9.17) is 21.4 Å². The van der Waals surface area contributed by atoms with Crippen molar-refractivity contribution >= 4 is 0 Å². The molecule has 1 unspecified atom stereocenters. The highest BCUT2D eigenvalue weighted by Crippen LogP contribution is 2.22. The molecule has 5 heteroatoms. The van der Waals surface area contributed by atoms with Crippen LogP contribution in [0.25, 0.3) is 11.4 Å². The van der Waals surface area contributed by atoms with E-state index in [2.05, 4.69) is 16.1 Å². The molecule has 92 valence electrons. The summed E-state index contributed by atoms with van der Waals surface area (Å²) in [5.41, 5.74) is 6.59. The summed E-state index contributed by atoms with van der Waals surface area (Å²) in [6.45, 7) is 0. The van der Waals surface area contributed by atoms with Gasteiger partial charge in [-0.25, -0.2) is 0 Å². The molecule has 0 bridgehead atoms. The maximum Gasteiger partial charge on any atom is 0.244 e. The summed E-state index contributed by atoms with van der Waals surface area (Å²) in [5.74, 6) is 4.00. The smallest absolute Gasteiger partial charge is 0.244 e. The summed E-state index contributed by atoms with van der Waals surface area (Å²) < 4.78 is 10.2. The number of nitrogens with zero attached hydrogens (tertiary/aromatic N) is 2. The van der Waals surface area contributed by atoms with Crippen molar-refractivity contribution in [3.63, 3.8) is 0 Å². The molecule has 2 rings (SSSR count). The normalized spacial score (nSPS) is 11.8. The van der Waals surface area contributed by atoms with Crippen LogP contribution in [0.4, 0.5) is 0 Å². The van der Waals surface area contributed by atoms with E-state index in [0.717, 1.165) is 11.3 Å². The van der Waals surface area contributed by atoms with Gasteiger partial charge in [-0.2, -0.15) is 4.98 Å². The van der Waals surface area contributed by atoms with Gasteiger partial charge in [0.2, 0.25) is 11.7 Å². The van der Waals surface area contributed by atoms with Crippen molar-refractivity contribution in [3.8, 4) is 29.5 Å². The third-order valence-electron chi connectivity index (χ3n) is 2.42. The van der Waals surface area contributed by atoms with E-state index in [1.54, 1.807) is 7.11 Å². The maximum absolute atomic E-state index is 5.79. The molecule has 0 saturated heterocycles. The molecule has 0 saturated carbocycles. The third kappa shape index (κ3) is 2.50. The van der Waals surface area contributed by atoms with Crippen molar-refractivity contribution in [2.75, 3.05) is 7.11 Å². The lowest BCUT2D eigenvalue weighted by Gasteiger charge is -2.00. The van der Waals surface area contributed by atoms with Crippen LogP contribution in [0.1, 0.15) is 18.4 Å². The second-order valence-electron chi connectivity index (χ2n) is 3.70. The van der Waals surface area contributed by atoms with Gasteiger partial charge in [-0.1, -0.05) is 17.3 Å². The summed E-state index contributed by atoms with van der Waals surface area (Å²) in [4.78, 5) is 4.22. The van der Waals surface area contributed by atoms with E-state index in [1.807, 2.05) is 24.3 Å². The van der Waals surface area contributed by atoms with Crippen LogP contribution in [0.2, 0.25) is 0 Å². The number of hydrogen-bond donors (Lipinski definition) is 1. The van der Waals surface area contributed by atoms with E-state index >= 15 is 0 Å². The summed E-state index contributed by atoms with van der Waals surface area (Å²) in [6.07, 6.45) is 5.55. The zero-order valence-corrected chi connectivity index (χ0v) is 9.96. The van der Waals surface area contributed by atoms with Crippen molar-refractivity contribution in [1.82, 2.24) is 10.1 Å². The molecule has 0 aliphatic carbocycles. The first-order valence-corrected chi connectivity index (χ1v) is 5.41. The fourth-order valence-corrected chi connectivity index (χ4v) is 1.48. The van der Waals surface area contributed by atoms with Crippen LogP contribution in [0.3, 0.4) is 0 Å². The van der Waals surface area contributed by atoms with Gasteiger partial charge in [-0.15, -0.1) is 12.3 Å². The highest BCUT2D eigenvalue weighted by molar-refractivity contribution is 5.56. The lowest BCUT2D eigenvalue weighted by Crippen LogP contribution is -2.09. The lowest BCUT2D eigenvalue weighted by atomic mass is 10.2. The highest BCUT2D eigenvalue weighted by Gasteiger charge is 2.14. The summed E-state index contributed by atoms with van der Waals surface area (Å²) in [6, 6.07) is 6.95. The van der Waals surface area contributed by atoms with Gasteiger partial charge < -0.3 is 15.0 Å². The van der Waals surface area contributed by atoms with E-state index in [9.17, 15) is 0 Å². The average molecular weight is 243 g/mol. The minimum absolute atomic E-state index is 0.339. The van der Waals surface area contributed by atoms with Gasteiger partial charge in [0.25, 0.3) is 0 Å². The van der Waals surface area contributed by atoms with Gasteiger partial charge in [0, 0.05) is 12.0 Å². The van der Waals surface area contributed by atoms with Crippen LogP contribution in [-0.2, 0) is 0 Å². The number of nitrogens with two attached hydrogens (primary N) is 1. The molecule has 2 N–H and O–H groups in total. The number of hydrogen-bond acceptors (Lipinski definition) is 5. The van der Waals surface area contributed by atoms with Crippen LogP contribution < -0.4 is 10.5 Å². The topological polar surface area (TPSA) is 74.2 Å². The molecule has 0 aliphatic rings. The molecule has 18 heavy (non-hydrogen) atoms. The monoisotopic (exact) mass is 243 g/mol. The van der Waals surface area contributed by atoms with Gasteiger partial charge in [0.05, 0.1) is 13.2 Å². The van der Waals surface area contributed by atoms with Crippen molar-refractivity contribution in [3.05, 3.63) is 30.2 Å². The number of benzene rings is 1. The first-order chi connectivity index (χ1) is 8.74. The Balaban J connectivity index is 2.26. The Labute approximate surface area is 105 Å². The van der Waals surface area contributed by atoms with Crippen LogP contribution >= 0.6 is 0 Å². The van der Waals surface area contributed by atoms with E-state index in [-0.39, 0.29) is 0 Å². The van der Waals surface area contributed by atoms with Gasteiger partial charge >= 0.3 is 0 Å². The standard InChI is InChI=1S/C13H13N3O2/c1-3-5-11(14)13-15-12(16-18-13)9-6-4-7-10(8-9)17-2/h1,4,6-8,11H,5,14H2,2H3. The quantitative estimate of drug-likeness (QED) is 0.828. The number of methoxy groups -OCH3 is 1. The molecule has 0 radical (unpaired) electrons. The summed E-state index contributed by atoms with van der Waals surface area (Å²) in [7, 11) is 1.60. The largest absolute Gasteiger partial charge is 0.497 e. The fourth-order valence-electron chi connectivity index (χ4n) is 1.48. The number of rotatable bonds is 4. The third-order valence-corrected chi connectivity index (χ3v) is 2.42. The molecular weight excluding hydrogens is 230 g/mol. The van der Waals surface area contributed by atoms with E-state index in [1.165, 1.54) is 0 Å². The van der Waals surface area contributed by atoms with Gasteiger partial charge in [-0.05, 0) is 12.1 Å². The minimum Gasteiger partial charge on any atom is -0.497 e. The van der Waals surface area contributed by atoms with Gasteiger partial charge in [0.1, 0.15) is 5.75 Å². The second-order valence-corrected chi connectivity index (χ2v) is 3.70. The van der Waals surface area contributed by atoms with Crippen molar-refractivity contribution in [2.45, 2.75) is 12.5 Å². The zero-order chi connectivity index (χ0) is 13.0. The molecule has 0 spiro atoms. The molecule has 1 aromatic heterocycles. The molecule has 0 amide bonds. The molecular formula is C13H13N3O2. The van der Waals surface area contributed by atoms with E-state index < -0.39 is 6.04 Å². The Morgan fingerprint density at radius 2 is 2.39 bits per heavy atom. The predicted molar refractivity (Wildman–Crippen MR) is 66.7 cm³/mol. The molecule has 0 fully saturated rings. The van der Waals surface area contributed by atoms with Gasteiger partial charge in [0.15, 0.2) is 0 Å². The highest BCUT2D eigenvalue weighted by atomic mass is 16.5. The Kier molecular flexibility index (Phi) is 3.60. The molecule has 1 aromatic carbocycles. The molecule has 2 aromatic rings. The fraction of sp³-hybridized carbons (Fsp3) is 0.231. The van der Waals surface area contributed by atoms with Crippen LogP contribution in [0.5, 0.6) is 5.75 Å². The van der Waals surface area contributed by atoms with Crippen molar-refractivity contribution in [2.24, 2.45) is 5.73 Å². The molecule has 0 aliphatic heterocycles. The Hall–Kier alpha value is -2.32. The van der Waals surface area contributed by atoms with Crippen molar-refractivity contribution < 1.29 is 9.26 Å². The summed E-state index contributed by atoms with van der Waals surface area (Å²) >= 11 is 0. The van der Waals surface area contributed by atoms with Crippen molar-refractivity contribution in [1.29, 1.82) is 0 Å². The zero-order valence-electron chi connectivity index (χ0n) is 9.96. The first kappa shape index (κ1) is 12.1. The van der Waals surface area contributed by atoms with Crippen LogP contribution in [0, 0.1) is 12.3 Å². The van der Waals surface area contributed by atoms with E-state index in [0.29, 0.717) is 18.1 Å². The van der Waals surface area contributed by atoms with Gasteiger partial charge in [-0.3, -0.25) is 0 Å². The lowest BCUT2D eigenvalue weighted by molar-refractivity contribution is 0.357. The van der Waals surface area contributed by atoms with Crippen LogP contribution in [-0.4, -0.2) is 17.3 Å². The Bertz CT molecular complexity index is 572. The average Bonchev–Trinajstić information content (AvgIpc) is 2.89. The first-order valence-electron chi connectivity index (χ1n) is 5.41. The molecule has 5 nitrogen and oxygen atoms in total. The predicted octanol–water partition coefficient (Wildman–Crippen LogP) is 1.77. The Morgan fingerprint density at radius 3 is 3.11 bits per heavy atom. The number of ether oxygens (including phenoxy) is 1. The number of aromatic nitrogens is 2. The summed E-state index contributed by atoms with van der Waals surface area (Å²) in [5, 5.41) is 3.87. The maximum atomic E-state index is 5.79. The molecule has 1 atom stereocenters. The second kappa shape index (κ2) is 5.34. The SMILES string of the molecule is C#CCC(N)c1nc(-c2cccc(OC)c2)no1. The van der Waals surface area contributed by atoms with Crippen LogP contribution in [0.15, 0.2) is 28.8 Å².